The normalized spacial score (nSPS) is 11.4. The molecule has 6 aromatic rings. The van der Waals surface area contributed by atoms with Gasteiger partial charge in [-0.05, 0) is 74.0 Å². The number of carbonyl (C=O) groups excluding carboxylic acids is 1. The van der Waals surface area contributed by atoms with Crippen molar-refractivity contribution in [3.8, 4) is 16.1 Å². The first kappa shape index (κ1) is 34.4. The Bertz CT molecular complexity index is 2230. The number of anilines is 1. The van der Waals surface area contributed by atoms with E-state index in [0.717, 1.165) is 27.8 Å². The van der Waals surface area contributed by atoms with E-state index in [1.165, 1.54) is 22.0 Å². The predicted molar refractivity (Wildman–Crippen MR) is 193 cm³/mol. The molecule has 0 aliphatic heterocycles. The van der Waals surface area contributed by atoms with Crippen LogP contribution >= 0.6 is 11.3 Å². The number of para-hydroxylation sites is 1. The number of fused-ring (bicyclic) bond motifs is 1. The molecule has 0 atom stereocenters. The second kappa shape index (κ2) is 15.0. The quantitative estimate of drug-likeness (QED) is 0.139. The molecule has 2 aromatic heterocycles. The van der Waals surface area contributed by atoms with Crippen molar-refractivity contribution in [1.82, 2.24) is 19.5 Å². The van der Waals surface area contributed by atoms with Crippen molar-refractivity contribution in [3.05, 3.63) is 152 Å². The van der Waals surface area contributed by atoms with E-state index >= 15 is 8.78 Å². The molecular weight excluding hydrogens is 661 g/mol. The van der Waals surface area contributed by atoms with Crippen LogP contribution in [0.15, 0.2) is 113 Å². The summed E-state index contributed by atoms with van der Waals surface area (Å²) in [7, 11) is 1.94. The number of hydroxylamine groups is 1. The maximum atomic E-state index is 15.0. The molecule has 0 saturated carbocycles. The molecule has 2 N–H and O–H groups in total. The standard InChI is InChI=1S/C38H35F2N5O4S/c1-24(2)49-42-37(47)41-27-19-17-26(18-20-27)34-30(22-43(3)21-25-11-6-4-7-12-25)33-35(46)45(28-13-8-5-9-14-28)38(48)44(36(33)50-34)23-29-31(39)15-10-16-32(29)40/h4-20,24H,21-23H2,1-3H3,(H2,41,42,47). The number of amides is 2. The van der Waals surface area contributed by atoms with Gasteiger partial charge in [0.25, 0.3) is 5.56 Å². The molecule has 0 aliphatic rings. The van der Waals surface area contributed by atoms with Gasteiger partial charge < -0.3 is 5.32 Å². The van der Waals surface area contributed by atoms with E-state index in [0.29, 0.717) is 39.7 Å². The number of urea groups is 1. The van der Waals surface area contributed by atoms with Gasteiger partial charge in [0.15, 0.2) is 0 Å². The van der Waals surface area contributed by atoms with Gasteiger partial charge in [-0.2, -0.15) is 0 Å². The number of hydrogen-bond acceptors (Lipinski definition) is 6. The number of thiophene rings is 1. The zero-order valence-corrected chi connectivity index (χ0v) is 28.5. The number of hydrogen-bond donors (Lipinski definition) is 2. The summed E-state index contributed by atoms with van der Waals surface area (Å²) in [6, 6.07) is 28.4. The molecule has 2 heterocycles. The third-order valence-electron chi connectivity index (χ3n) is 7.98. The topological polar surface area (TPSA) is 97.6 Å². The average molecular weight is 696 g/mol. The highest BCUT2D eigenvalue weighted by Gasteiger charge is 2.25. The monoisotopic (exact) mass is 695 g/mol. The minimum atomic E-state index is -0.798. The highest BCUT2D eigenvalue weighted by molar-refractivity contribution is 7.22. The molecular formula is C38H35F2N5O4S. The van der Waals surface area contributed by atoms with E-state index in [4.69, 9.17) is 4.84 Å². The van der Waals surface area contributed by atoms with Gasteiger partial charge in [0.05, 0.1) is 23.7 Å². The fourth-order valence-electron chi connectivity index (χ4n) is 5.69. The van der Waals surface area contributed by atoms with Gasteiger partial charge in [0.1, 0.15) is 16.5 Å². The Balaban J connectivity index is 1.54. The summed E-state index contributed by atoms with van der Waals surface area (Å²) in [5.74, 6) is -1.60. The summed E-state index contributed by atoms with van der Waals surface area (Å²) in [6.45, 7) is 4.03. The van der Waals surface area contributed by atoms with Crippen molar-refractivity contribution in [1.29, 1.82) is 0 Å². The molecule has 0 aliphatic carbocycles. The maximum absolute atomic E-state index is 15.0. The third-order valence-corrected chi connectivity index (χ3v) is 9.28. The van der Waals surface area contributed by atoms with Gasteiger partial charge >= 0.3 is 11.7 Å². The van der Waals surface area contributed by atoms with Gasteiger partial charge in [0, 0.05) is 29.2 Å². The van der Waals surface area contributed by atoms with E-state index in [1.807, 2.05) is 37.4 Å². The largest absolute Gasteiger partial charge is 0.343 e. The summed E-state index contributed by atoms with van der Waals surface area (Å²) in [6.07, 6.45) is -0.201. The zero-order chi connectivity index (χ0) is 35.4. The first-order chi connectivity index (χ1) is 24.1. The number of carbonyl (C=O) groups is 1. The first-order valence-corrected chi connectivity index (χ1v) is 16.8. The van der Waals surface area contributed by atoms with Crippen LogP contribution in [0.1, 0.15) is 30.5 Å². The smallest absolute Gasteiger partial charge is 0.306 e. The average Bonchev–Trinajstić information content (AvgIpc) is 3.47. The Hall–Kier alpha value is -5.43. The maximum Gasteiger partial charge on any atom is 0.343 e. The Morgan fingerprint density at radius 2 is 1.48 bits per heavy atom. The van der Waals surface area contributed by atoms with Crippen LogP contribution < -0.4 is 22.0 Å². The lowest BCUT2D eigenvalue weighted by Gasteiger charge is -2.18. The van der Waals surface area contributed by atoms with Crippen LogP contribution in [0.3, 0.4) is 0 Å². The van der Waals surface area contributed by atoms with Gasteiger partial charge in [-0.3, -0.25) is 19.1 Å². The van der Waals surface area contributed by atoms with Crippen molar-refractivity contribution < 1.29 is 18.4 Å². The Kier molecular flexibility index (Phi) is 10.3. The molecule has 0 saturated heterocycles. The van der Waals surface area contributed by atoms with Gasteiger partial charge in [-0.25, -0.2) is 28.4 Å². The summed E-state index contributed by atoms with van der Waals surface area (Å²) in [4.78, 5) is 49.2. The molecule has 0 spiro atoms. The number of benzene rings is 4. The number of nitrogens with zero attached hydrogens (tertiary/aromatic N) is 3. The molecule has 0 fully saturated rings. The summed E-state index contributed by atoms with van der Waals surface area (Å²) in [5, 5.41) is 2.99. The number of nitrogens with one attached hydrogen (secondary N) is 2. The Labute approximate surface area is 291 Å². The number of halogens is 2. The second-order valence-electron chi connectivity index (χ2n) is 12.1. The molecule has 0 bridgehead atoms. The molecule has 50 heavy (non-hydrogen) atoms. The predicted octanol–water partition coefficient (Wildman–Crippen LogP) is 7.30. The van der Waals surface area contributed by atoms with Gasteiger partial charge in [-0.1, -0.05) is 66.7 Å². The van der Waals surface area contributed by atoms with Crippen molar-refractivity contribution in [2.75, 3.05) is 12.4 Å². The third kappa shape index (κ3) is 7.42. The zero-order valence-electron chi connectivity index (χ0n) is 27.7. The SMILES string of the molecule is CC(C)ONC(=O)Nc1ccc(-c2sc3c(c2CN(C)Cc2ccccc2)c(=O)n(-c2ccccc2)c(=O)n3Cc2c(F)cccc2F)cc1. The molecule has 12 heteroatoms. The van der Waals surface area contributed by atoms with Crippen molar-refractivity contribution in [2.24, 2.45) is 0 Å². The molecule has 4 aromatic carbocycles. The van der Waals surface area contributed by atoms with Crippen molar-refractivity contribution >= 4 is 33.3 Å². The highest BCUT2D eigenvalue weighted by Crippen LogP contribution is 2.38. The minimum Gasteiger partial charge on any atom is -0.306 e. The van der Waals surface area contributed by atoms with E-state index in [1.54, 1.807) is 68.4 Å². The molecule has 0 radical (unpaired) electrons. The molecule has 2 amide bonds. The van der Waals surface area contributed by atoms with Crippen LogP contribution in [0.2, 0.25) is 0 Å². The molecule has 9 nitrogen and oxygen atoms in total. The van der Waals surface area contributed by atoms with Gasteiger partial charge in [-0.15, -0.1) is 11.3 Å². The van der Waals surface area contributed by atoms with E-state index in [-0.39, 0.29) is 17.1 Å². The molecule has 256 valence electrons. The highest BCUT2D eigenvalue weighted by atomic mass is 32.1. The van der Waals surface area contributed by atoms with Gasteiger partial charge in [0.2, 0.25) is 0 Å². The minimum absolute atomic E-state index is 0.201. The van der Waals surface area contributed by atoms with Crippen LogP contribution in [0.25, 0.3) is 26.3 Å². The number of rotatable bonds is 11. The molecule has 0 unspecified atom stereocenters. The first-order valence-electron chi connectivity index (χ1n) is 16.0. The lowest BCUT2D eigenvalue weighted by Crippen LogP contribution is -2.39. The summed E-state index contributed by atoms with van der Waals surface area (Å²) >= 11 is 1.20. The van der Waals surface area contributed by atoms with Crippen molar-refractivity contribution in [2.45, 2.75) is 39.6 Å². The second-order valence-corrected chi connectivity index (χ2v) is 13.1. The summed E-state index contributed by atoms with van der Waals surface area (Å²) < 4.78 is 32.4. The van der Waals surface area contributed by atoms with Crippen LogP contribution in [0.5, 0.6) is 0 Å². The Morgan fingerprint density at radius 1 is 0.840 bits per heavy atom. The van der Waals surface area contributed by atoms with Crippen LogP contribution in [-0.4, -0.2) is 33.2 Å². The fraction of sp³-hybridized carbons (Fsp3) is 0.184. The Morgan fingerprint density at radius 3 is 2.12 bits per heavy atom. The van der Waals surface area contributed by atoms with E-state index < -0.39 is 35.5 Å². The summed E-state index contributed by atoms with van der Waals surface area (Å²) in [5.41, 5.74) is 4.07. The molecule has 6 rings (SSSR count). The van der Waals surface area contributed by atoms with E-state index in [2.05, 4.69) is 15.7 Å². The lowest BCUT2D eigenvalue weighted by molar-refractivity contribution is 0.0199. The van der Waals surface area contributed by atoms with Crippen LogP contribution in [0, 0.1) is 11.6 Å². The van der Waals surface area contributed by atoms with E-state index in [9.17, 15) is 14.4 Å². The fourth-order valence-corrected chi connectivity index (χ4v) is 6.99. The van der Waals surface area contributed by atoms with Crippen LogP contribution in [0.4, 0.5) is 19.3 Å². The lowest BCUT2D eigenvalue weighted by atomic mass is 10.1. The van der Waals surface area contributed by atoms with Crippen LogP contribution in [-0.2, 0) is 24.5 Å². The van der Waals surface area contributed by atoms with Crippen molar-refractivity contribution in [3.63, 3.8) is 0 Å². The number of aromatic nitrogens is 2.